The second kappa shape index (κ2) is 5.27. The van der Waals surface area contributed by atoms with Crippen molar-refractivity contribution < 1.29 is 17.9 Å². The molecule has 0 spiro atoms. The van der Waals surface area contributed by atoms with Crippen LogP contribution in [0.3, 0.4) is 0 Å². The van der Waals surface area contributed by atoms with Crippen molar-refractivity contribution in [2.45, 2.75) is 12.4 Å². The number of rotatable bonds is 3. The Morgan fingerprint density at radius 1 is 1.05 bits per heavy atom. The average molecular weight is 268 g/mol. The first-order chi connectivity index (χ1) is 8.96. The standard InChI is InChI=1S/C13H11F3N2O/c14-13(15,16)19-10-6-4-9(5-7-10)12(17)11-3-1-2-8-18-11/h1-8,12H,17H2. The summed E-state index contributed by atoms with van der Waals surface area (Å²) in [7, 11) is 0. The Morgan fingerprint density at radius 2 is 1.74 bits per heavy atom. The molecule has 0 aliphatic rings. The molecule has 2 rings (SSSR count). The van der Waals surface area contributed by atoms with E-state index in [2.05, 4.69) is 9.72 Å². The molecule has 2 aromatic rings. The number of alkyl halides is 3. The predicted octanol–water partition coefficient (Wildman–Crippen LogP) is 3.03. The van der Waals surface area contributed by atoms with Gasteiger partial charge in [-0.15, -0.1) is 13.2 Å². The highest BCUT2D eigenvalue weighted by Gasteiger charge is 2.31. The third kappa shape index (κ3) is 3.69. The fourth-order valence-electron chi connectivity index (χ4n) is 1.61. The van der Waals surface area contributed by atoms with Gasteiger partial charge in [-0.2, -0.15) is 0 Å². The van der Waals surface area contributed by atoms with E-state index in [0.717, 1.165) is 0 Å². The maximum absolute atomic E-state index is 12.0. The summed E-state index contributed by atoms with van der Waals surface area (Å²) in [5, 5.41) is 0. The molecular weight excluding hydrogens is 257 g/mol. The van der Waals surface area contributed by atoms with E-state index in [1.54, 1.807) is 24.4 Å². The average Bonchev–Trinajstić information content (AvgIpc) is 2.38. The second-order valence-electron chi connectivity index (χ2n) is 3.85. The van der Waals surface area contributed by atoms with Gasteiger partial charge in [0, 0.05) is 6.20 Å². The van der Waals surface area contributed by atoms with E-state index in [1.165, 1.54) is 24.3 Å². The van der Waals surface area contributed by atoms with Crippen molar-refractivity contribution in [3.8, 4) is 5.75 Å². The molecule has 0 saturated carbocycles. The highest BCUT2D eigenvalue weighted by atomic mass is 19.4. The minimum Gasteiger partial charge on any atom is -0.406 e. The first kappa shape index (κ1) is 13.4. The first-order valence-electron chi connectivity index (χ1n) is 5.48. The Balaban J connectivity index is 2.15. The van der Waals surface area contributed by atoms with Crippen LogP contribution in [0.1, 0.15) is 17.3 Å². The third-order valence-corrected chi connectivity index (χ3v) is 2.48. The van der Waals surface area contributed by atoms with Gasteiger partial charge < -0.3 is 10.5 Å². The lowest BCUT2D eigenvalue weighted by Gasteiger charge is -2.13. The predicted molar refractivity (Wildman–Crippen MR) is 63.4 cm³/mol. The molecule has 0 bridgehead atoms. The highest BCUT2D eigenvalue weighted by Crippen LogP contribution is 2.25. The molecule has 1 atom stereocenters. The lowest BCUT2D eigenvalue weighted by Crippen LogP contribution is -2.17. The number of nitrogens with zero attached hydrogens (tertiary/aromatic N) is 1. The van der Waals surface area contributed by atoms with Gasteiger partial charge in [0.15, 0.2) is 0 Å². The first-order valence-corrected chi connectivity index (χ1v) is 5.48. The molecule has 0 amide bonds. The molecule has 1 heterocycles. The molecule has 0 radical (unpaired) electrons. The number of hydrogen-bond donors (Lipinski definition) is 1. The van der Waals surface area contributed by atoms with Crippen LogP contribution in [0.15, 0.2) is 48.7 Å². The van der Waals surface area contributed by atoms with E-state index in [1.807, 2.05) is 0 Å². The van der Waals surface area contributed by atoms with Gasteiger partial charge in [-0.05, 0) is 29.8 Å². The normalized spacial score (nSPS) is 13.1. The third-order valence-electron chi connectivity index (χ3n) is 2.48. The van der Waals surface area contributed by atoms with Crippen LogP contribution in [0.25, 0.3) is 0 Å². The highest BCUT2D eigenvalue weighted by molar-refractivity contribution is 5.32. The van der Waals surface area contributed by atoms with Gasteiger partial charge in [-0.25, -0.2) is 0 Å². The summed E-state index contributed by atoms with van der Waals surface area (Å²) >= 11 is 0. The molecule has 1 unspecified atom stereocenters. The molecule has 1 aromatic carbocycles. The van der Waals surface area contributed by atoms with E-state index < -0.39 is 12.4 Å². The van der Waals surface area contributed by atoms with Gasteiger partial charge in [-0.3, -0.25) is 4.98 Å². The van der Waals surface area contributed by atoms with Crippen LogP contribution in [-0.2, 0) is 0 Å². The van der Waals surface area contributed by atoms with Gasteiger partial charge in [0.1, 0.15) is 5.75 Å². The maximum Gasteiger partial charge on any atom is 0.573 e. The minimum atomic E-state index is -4.69. The quantitative estimate of drug-likeness (QED) is 0.930. The zero-order valence-corrected chi connectivity index (χ0v) is 9.76. The molecule has 2 N–H and O–H groups in total. The Kier molecular flexibility index (Phi) is 3.71. The zero-order valence-electron chi connectivity index (χ0n) is 9.76. The van der Waals surface area contributed by atoms with Gasteiger partial charge in [0.25, 0.3) is 0 Å². The van der Waals surface area contributed by atoms with Crippen molar-refractivity contribution >= 4 is 0 Å². The van der Waals surface area contributed by atoms with Crippen LogP contribution in [0.2, 0.25) is 0 Å². The molecule has 0 saturated heterocycles. The molecule has 19 heavy (non-hydrogen) atoms. The second-order valence-corrected chi connectivity index (χ2v) is 3.85. The maximum atomic E-state index is 12.0. The van der Waals surface area contributed by atoms with Crippen LogP contribution >= 0.6 is 0 Å². The topological polar surface area (TPSA) is 48.1 Å². The zero-order chi connectivity index (χ0) is 13.9. The summed E-state index contributed by atoms with van der Waals surface area (Å²) in [6.07, 6.45) is -3.08. The van der Waals surface area contributed by atoms with Crippen molar-refractivity contribution in [2.24, 2.45) is 5.73 Å². The van der Waals surface area contributed by atoms with Gasteiger partial charge in [0.05, 0.1) is 11.7 Å². The number of hydrogen-bond acceptors (Lipinski definition) is 3. The molecule has 0 fully saturated rings. The molecule has 0 aliphatic heterocycles. The van der Waals surface area contributed by atoms with Crippen molar-refractivity contribution in [2.75, 3.05) is 0 Å². The molecule has 3 nitrogen and oxygen atoms in total. The number of ether oxygens (including phenoxy) is 1. The van der Waals surface area contributed by atoms with Crippen LogP contribution < -0.4 is 10.5 Å². The van der Waals surface area contributed by atoms with E-state index in [9.17, 15) is 13.2 Å². The summed E-state index contributed by atoms with van der Waals surface area (Å²) < 4.78 is 39.8. The summed E-state index contributed by atoms with van der Waals surface area (Å²) in [6.45, 7) is 0. The Morgan fingerprint density at radius 3 is 2.26 bits per heavy atom. The summed E-state index contributed by atoms with van der Waals surface area (Å²) in [5.41, 5.74) is 7.27. The Bertz CT molecular complexity index is 526. The lowest BCUT2D eigenvalue weighted by atomic mass is 10.0. The van der Waals surface area contributed by atoms with Crippen LogP contribution in [0.4, 0.5) is 13.2 Å². The molecule has 100 valence electrons. The number of aromatic nitrogens is 1. The van der Waals surface area contributed by atoms with E-state index >= 15 is 0 Å². The fraction of sp³-hybridized carbons (Fsp3) is 0.154. The van der Waals surface area contributed by atoms with E-state index in [-0.39, 0.29) is 5.75 Å². The Labute approximate surface area is 107 Å². The smallest absolute Gasteiger partial charge is 0.406 e. The van der Waals surface area contributed by atoms with Crippen molar-refractivity contribution in [3.63, 3.8) is 0 Å². The largest absolute Gasteiger partial charge is 0.573 e. The molecule has 1 aromatic heterocycles. The summed E-state index contributed by atoms with van der Waals surface area (Å²) in [4.78, 5) is 4.10. The fourth-order valence-corrected chi connectivity index (χ4v) is 1.61. The summed E-state index contributed by atoms with van der Waals surface area (Å²) in [6, 6.07) is 10.3. The van der Waals surface area contributed by atoms with Gasteiger partial charge >= 0.3 is 6.36 Å². The number of nitrogens with two attached hydrogens (primary N) is 1. The molecule has 0 aliphatic carbocycles. The van der Waals surface area contributed by atoms with Crippen molar-refractivity contribution in [3.05, 3.63) is 59.9 Å². The monoisotopic (exact) mass is 268 g/mol. The van der Waals surface area contributed by atoms with Crippen molar-refractivity contribution in [1.29, 1.82) is 0 Å². The SMILES string of the molecule is NC(c1ccc(OC(F)(F)F)cc1)c1ccccn1. The van der Waals surface area contributed by atoms with E-state index in [0.29, 0.717) is 11.3 Å². The minimum absolute atomic E-state index is 0.274. The molecular formula is C13H11F3N2O. The number of pyridine rings is 1. The van der Waals surface area contributed by atoms with Gasteiger partial charge in [-0.1, -0.05) is 18.2 Å². The van der Waals surface area contributed by atoms with Crippen molar-refractivity contribution in [1.82, 2.24) is 4.98 Å². The number of benzene rings is 1. The van der Waals surface area contributed by atoms with Crippen LogP contribution in [0, 0.1) is 0 Å². The van der Waals surface area contributed by atoms with Gasteiger partial charge in [0.2, 0.25) is 0 Å². The number of halogens is 3. The lowest BCUT2D eigenvalue weighted by molar-refractivity contribution is -0.274. The van der Waals surface area contributed by atoms with E-state index in [4.69, 9.17) is 5.73 Å². The Hall–Kier alpha value is -2.08. The van der Waals surface area contributed by atoms with Crippen LogP contribution in [-0.4, -0.2) is 11.3 Å². The summed E-state index contributed by atoms with van der Waals surface area (Å²) in [5.74, 6) is -0.274. The molecule has 6 heteroatoms. The van der Waals surface area contributed by atoms with Crippen LogP contribution in [0.5, 0.6) is 5.75 Å².